The lowest BCUT2D eigenvalue weighted by Gasteiger charge is -2.22. The smallest absolute Gasteiger partial charge is 0.226 e. The van der Waals surface area contributed by atoms with Gasteiger partial charge in [-0.3, -0.25) is 9.78 Å². The molecule has 0 spiro atoms. The molecule has 3 rings (SSSR count). The van der Waals surface area contributed by atoms with Gasteiger partial charge in [-0.2, -0.15) is 4.98 Å². The Morgan fingerprint density at radius 1 is 1.33 bits per heavy atom. The Bertz CT molecular complexity index is 638. The molecule has 2 aromatic rings. The average molecular weight is 330 g/mol. The van der Waals surface area contributed by atoms with E-state index in [2.05, 4.69) is 20.4 Å². The van der Waals surface area contributed by atoms with Crippen LogP contribution in [0.2, 0.25) is 0 Å². The maximum Gasteiger partial charge on any atom is 0.226 e. The van der Waals surface area contributed by atoms with Crippen LogP contribution in [0.25, 0.3) is 11.4 Å². The SMILES string of the molecule is O=C(CCCc1nc(-c2ccncc2)no1)NCC1CCCOC1. The maximum atomic E-state index is 11.9. The summed E-state index contributed by atoms with van der Waals surface area (Å²) in [5.74, 6) is 1.61. The topological polar surface area (TPSA) is 90.1 Å². The first-order valence-corrected chi connectivity index (χ1v) is 8.38. The number of nitrogens with zero attached hydrogens (tertiary/aromatic N) is 3. The fourth-order valence-corrected chi connectivity index (χ4v) is 2.69. The van der Waals surface area contributed by atoms with Gasteiger partial charge in [-0.25, -0.2) is 0 Å². The Hall–Kier alpha value is -2.28. The van der Waals surface area contributed by atoms with Gasteiger partial charge in [0.05, 0.1) is 6.61 Å². The van der Waals surface area contributed by atoms with Gasteiger partial charge < -0.3 is 14.6 Å². The Kier molecular flexibility index (Phi) is 5.90. The van der Waals surface area contributed by atoms with Gasteiger partial charge in [-0.05, 0) is 37.3 Å². The summed E-state index contributed by atoms with van der Waals surface area (Å²) >= 11 is 0. The van der Waals surface area contributed by atoms with E-state index >= 15 is 0 Å². The van der Waals surface area contributed by atoms with E-state index in [-0.39, 0.29) is 5.91 Å². The molecule has 1 aliphatic heterocycles. The van der Waals surface area contributed by atoms with Gasteiger partial charge in [0.25, 0.3) is 0 Å². The van der Waals surface area contributed by atoms with E-state index in [4.69, 9.17) is 9.26 Å². The molecule has 1 N–H and O–H groups in total. The van der Waals surface area contributed by atoms with Crippen LogP contribution in [0.15, 0.2) is 29.0 Å². The molecule has 7 heteroatoms. The van der Waals surface area contributed by atoms with Crippen molar-refractivity contribution in [3.05, 3.63) is 30.4 Å². The summed E-state index contributed by atoms with van der Waals surface area (Å²) in [5.41, 5.74) is 0.868. The molecule has 1 unspecified atom stereocenters. The Labute approximate surface area is 140 Å². The molecule has 0 radical (unpaired) electrons. The third-order valence-electron chi connectivity index (χ3n) is 4.04. The minimum Gasteiger partial charge on any atom is -0.381 e. The zero-order valence-corrected chi connectivity index (χ0v) is 13.6. The van der Waals surface area contributed by atoms with Gasteiger partial charge in [-0.15, -0.1) is 0 Å². The Morgan fingerprint density at radius 3 is 3.00 bits per heavy atom. The van der Waals surface area contributed by atoms with E-state index in [1.807, 2.05) is 12.1 Å². The van der Waals surface area contributed by atoms with Gasteiger partial charge in [0.2, 0.25) is 17.6 Å². The van der Waals surface area contributed by atoms with Crippen LogP contribution in [0, 0.1) is 5.92 Å². The fourth-order valence-electron chi connectivity index (χ4n) is 2.69. The van der Waals surface area contributed by atoms with Gasteiger partial charge in [0.15, 0.2) is 0 Å². The Balaban J connectivity index is 1.37. The number of pyridine rings is 1. The first-order valence-electron chi connectivity index (χ1n) is 8.38. The molecule has 1 atom stereocenters. The Morgan fingerprint density at radius 2 is 2.21 bits per heavy atom. The summed E-state index contributed by atoms with van der Waals surface area (Å²) < 4.78 is 10.6. The van der Waals surface area contributed by atoms with Crippen LogP contribution in [0.3, 0.4) is 0 Å². The second-order valence-corrected chi connectivity index (χ2v) is 5.99. The van der Waals surface area contributed by atoms with Crippen LogP contribution in [-0.4, -0.2) is 40.8 Å². The van der Waals surface area contributed by atoms with Crippen LogP contribution >= 0.6 is 0 Å². The maximum absolute atomic E-state index is 11.9. The number of amides is 1. The molecule has 0 bridgehead atoms. The van der Waals surface area contributed by atoms with Crippen LogP contribution in [-0.2, 0) is 16.0 Å². The molecule has 0 saturated carbocycles. The van der Waals surface area contributed by atoms with Crippen molar-refractivity contribution in [1.29, 1.82) is 0 Å². The number of ether oxygens (including phenoxy) is 1. The standard InChI is InChI=1S/C17H22N4O3/c22-15(19-11-13-3-2-10-23-12-13)4-1-5-16-20-17(21-24-16)14-6-8-18-9-7-14/h6-9,13H,1-5,10-12H2,(H,19,22). The number of carbonyl (C=O) groups excluding carboxylic acids is 1. The van der Waals surface area contributed by atoms with E-state index in [0.29, 0.717) is 43.4 Å². The monoisotopic (exact) mass is 330 g/mol. The van der Waals surface area contributed by atoms with Crippen molar-refractivity contribution >= 4 is 5.91 Å². The predicted octanol–water partition coefficient (Wildman–Crippen LogP) is 2.00. The highest BCUT2D eigenvalue weighted by Gasteiger charge is 2.15. The summed E-state index contributed by atoms with van der Waals surface area (Å²) in [5, 5.41) is 6.93. The van der Waals surface area contributed by atoms with E-state index in [9.17, 15) is 4.79 Å². The molecule has 1 fully saturated rings. The number of hydrogen-bond acceptors (Lipinski definition) is 6. The van der Waals surface area contributed by atoms with Crippen molar-refractivity contribution in [1.82, 2.24) is 20.4 Å². The molecule has 7 nitrogen and oxygen atoms in total. The third kappa shape index (κ3) is 4.86. The summed E-state index contributed by atoms with van der Waals surface area (Å²) in [7, 11) is 0. The average Bonchev–Trinajstić information content (AvgIpc) is 3.11. The van der Waals surface area contributed by atoms with Gasteiger partial charge >= 0.3 is 0 Å². The van der Waals surface area contributed by atoms with Crippen molar-refractivity contribution in [3.8, 4) is 11.4 Å². The summed E-state index contributed by atoms with van der Waals surface area (Å²) in [4.78, 5) is 20.2. The molecule has 0 aliphatic carbocycles. The van der Waals surface area contributed by atoms with Gasteiger partial charge in [-0.1, -0.05) is 5.16 Å². The largest absolute Gasteiger partial charge is 0.381 e. The van der Waals surface area contributed by atoms with Crippen molar-refractivity contribution in [2.45, 2.75) is 32.1 Å². The quantitative estimate of drug-likeness (QED) is 0.835. The van der Waals surface area contributed by atoms with Crippen LogP contribution in [0.4, 0.5) is 0 Å². The first kappa shape index (κ1) is 16.6. The van der Waals surface area contributed by atoms with Crippen LogP contribution < -0.4 is 5.32 Å². The lowest BCUT2D eigenvalue weighted by molar-refractivity contribution is -0.121. The minimum absolute atomic E-state index is 0.0643. The zero-order chi connectivity index (χ0) is 16.6. The number of carbonyl (C=O) groups is 1. The molecule has 1 saturated heterocycles. The second kappa shape index (κ2) is 8.54. The number of hydrogen-bond donors (Lipinski definition) is 1. The van der Waals surface area contributed by atoms with Crippen molar-refractivity contribution in [2.75, 3.05) is 19.8 Å². The molecule has 1 aliphatic rings. The molecule has 128 valence electrons. The summed E-state index contributed by atoms with van der Waals surface area (Å²) in [6.45, 7) is 2.29. The van der Waals surface area contributed by atoms with Crippen molar-refractivity contribution < 1.29 is 14.1 Å². The highest BCUT2D eigenvalue weighted by Crippen LogP contribution is 2.15. The molecule has 2 aromatic heterocycles. The summed E-state index contributed by atoms with van der Waals surface area (Å²) in [6.07, 6.45) is 7.32. The molecular formula is C17H22N4O3. The predicted molar refractivity (Wildman–Crippen MR) is 87.0 cm³/mol. The lowest BCUT2D eigenvalue weighted by atomic mass is 10.0. The number of rotatable bonds is 7. The molecule has 1 amide bonds. The normalized spacial score (nSPS) is 17.6. The van der Waals surface area contributed by atoms with Crippen molar-refractivity contribution in [2.24, 2.45) is 5.92 Å². The minimum atomic E-state index is 0.0643. The number of nitrogens with one attached hydrogen (secondary N) is 1. The lowest BCUT2D eigenvalue weighted by Crippen LogP contribution is -2.33. The van der Waals surface area contributed by atoms with Gasteiger partial charge in [0.1, 0.15) is 0 Å². The van der Waals surface area contributed by atoms with E-state index in [1.54, 1.807) is 12.4 Å². The van der Waals surface area contributed by atoms with Gasteiger partial charge in [0, 0.05) is 44.0 Å². The first-order chi connectivity index (χ1) is 11.8. The highest BCUT2D eigenvalue weighted by atomic mass is 16.5. The number of aromatic nitrogens is 3. The zero-order valence-electron chi connectivity index (χ0n) is 13.6. The molecular weight excluding hydrogens is 308 g/mol. The number of aryl methyl sites for hydroxylation is 1. The fraction of sp³-hybridized carbons (Fsp3) is 0.529. The highest BCUT2D eigenvalue weighted by molar-refractivity contribution is 5.75. The molecule has 24 heavy (non-hydrogen) atoms. The third-order valence-corrected chi connectivity index (χ3v) is 4.04. The molecule has 3 heterocycles. The van der Waals surface area contributed by atoms with E-state index in [1.165, 1.54) is 0 Å². The van der Waals surface area contributed by atoms with Crippen molar-refractivity contribution in [3.63, 3.8) is 0 Å². The van der Waals surface area contributed by atoms with E-state index in [0.717, 1.165) is 31.6 Å². The molecule has 0 aromatic carbocycles. The van der Waals surface area contributed by atoms with E-state index < -0.39 is 0 Å². The second-order valence-electron chi connectivity index (χ2n) is 5.99. The van der Waals surface area contributed by atoms with Crippen LogP contribution in [0.5, 0.6) is 0 Å². The van der Waals surface area contributed by atoms with Crippen LogP contribution in [0.1, 0.15) is 31.6 Å². The summed E-state index contributed by atoms with van der Waals surface area (Å²) in [6, 6.07) is 3.66.